The lowest BCUT2D eigenvalue weighted by molar-refractivity contribution is 0.276. The molecular weight excluding hydrogens is 332 g/mol. The smallest absolute Gasteiger partial charge is 0.263 e. The van der Waals surface area contributed by atoms with Crippen molar-refractivity contribution in [2.75, 3.05) is 11.8 Å². The molecule has 0 aliphatic heterocycles. The maximum absolute atomic E-state index is 12.6. The third-order valence-corrected chi connectivity index (χ3v) is 4.93. The summed E-state index contributed by atoms with van der Waals surface area (Å²) in [4.78, 5) is 3.89. The summed E-state index contributed by atoms with van der Waals surface area (Å²) in [5.41, 5.74) is 1.30. The molecule has 0 fully saturated rings. The van der Waals surface area contributed by atoms with E-state index >= 15 is 0 Å². The molecule has 8 nitrogen and oxygen atoms in total. The molecule has 1 aromatic carbocycles. The zero-order chi connectivity index (χ0) is 17.3. The highest BCUT2D eigenvalue weighted by Crippen LogP contribution is 2.34. The second kappa shape index (κ2) is 6.10. The van der Waals surface area contributed by atoms with E-state index in [2.05, 4.69) is 14.8 Å². The molecule has 2 N–H and O–H groups in total. The Labute approximate surface area is 138 Å². The number of hydrogen-bond acceptors (Lipinski definition) is 6. The third-order valence-electron chi connectivity index (χ3n) is 3.59. The quantitative estimate of drug-likeness (QED) is 0.719. The number of sulfonamides is 1. The average molecular weight is 348 g/mol. The molecule has 2 heterocycles. The van der Waals surface area contributed by atoms with Crippen molar-refractivity contribution in [3.05, 3.63) is 42.4 Å². The predicted molar refractivity (Wildman–Crippen MR) is 88.2 cm³/mol. The summed E-state index contributed by atoms with van der Waals surface area (Å²) in [6, 6.07) is 6.32. The van der Waals surface area contributed by atoms with E-state index in [-0.39, 0.29) is 11.5 Å². The van der Waals surface area contributed by atoms with Crippen molar-refractivity contribution in [2.24, 2.45) is 7.05 Å². The average Bonchev–Trinajstić information content (AvgIpc) is 2.96. The number of methoxy groups -OCH3 is 1. The summed E-state index contributed by atoms with van der Waals surface area (Å²) in [6.45, 7) is -0.254. The number of nitrogens with one attached hydrogen (secondary N) is 1. The Hall–Kier alpha value is -2.65. The highest BCUT2D eigenvalue weighted by atomic mass is 32.2. The number of ether oxygens (including phenoxy) is 1. The Morgan fingerprint density at radius 3 is 2.67 bits per heavy atom. The predicted octanol–water partition coefficient (Wildman–Crippen LogP) is 1.27. The molecule has 0 aliphatic rings. The molecule has 0 saturated heterocycles. The molecule has 0 radical (unpaired) electrons. The molecule has 3 rings (SSSR count). The molecule has 0 saturated carbocycles. The van der Waals surface area contributed by atoms with Gasteiger partial charge in [0.15, 0.2) is 0 Å². The van der Waals surface area contributed by atoms with Gasteiger partial charge in [-0.15, -0.1) is 0 Å². The van der Waals surface area contributed by atoms with Crippen molar-refractivity contribution in [3.8, 4) is 5.75 Å². The van der Waals surface area contributed by atoms with E-state index in [0.717, 1.165) is 5.39 Å². The van der Waals surface area contributed by atoms with E-state index in [1.807, 2.05) is 0 Å². The molecule has 126 valence electrons. The van der Waals surface area contributed by atoms with Crippen LogP contribution in [0.1, 0.15) is 5.69 Å². The van der Waals surface area contributed by atoms with Crippen molar-refractivity contribution in [3.63, 3.8) is 0 Å². The van der Waals surface area contributed by atoms with Crippen LogP contribution < -0.4 is 9.46 Å². The second-order valence-electron chi connectivity index (χ2n) is 5.10. The number of anilines is 1. The van der Waals surface area contributed by atoms with Gasteiger partial charge in [0.2, 0.25) is 0 Å². The lowest BCUT2D eigenvalue weighted by Gasteiger charge is -2.13. The standard InChI is InChI=1S/C15H16N4O4S/c1-19-15-10(7-17-19)3-6-13(23-2)14(15)18-24(21,22)12-5-4-11(9-20)16-8-12/h3-8,18,20H,9H2,1-2H3. The number of fused-ring (bicyclic) bond motifs is 1. The largest absolute Gasteiger partial charge is 0.494 e. The molecule has 0 spiro atoms. The monoisotopic (exact) mass is 348 g/mol. The van der Waals surface area contributed by atoms with Gasteiger partial charge < -0.3 is 9.84 Å². The Balaban J connectivity index is 2.09. The number of hydrogen-bond donors (Lipinski definition) is 2. The van der Waals surface area contributed by atoms with Crippen molar-refractivity contribution < 1.29 is 18.3 Å². The summed E-state index contributed by atoms with van der Waals surface area (Å²) in [5, 5.41) is 13.9. The van der Waals surface area contributed by atoms with Crippen LogP contribution in [0.25, 0.3) is 10.9 Å². The van der Waals surface area contributed by atoms with Crippen LogP contribution in [0.15, 0.2) is 41.6 Å². The Bertz CT molecular complexity index is 981. The van der Waals surface area contributed by atoms with Gasteiger partial charge >= 0.3 is 0 Å². The van der Waals surface area contributed by atoms with Crippen molar-refractivity contribution >= 4 is 26.6 Å². The number of aromatic nitrogens is 3. The molecule has 24 heavy (non-hydrogen) atoms. The van der Waals surface area contributed by atoms with Crippen LogP contribution in [-0.2, 0) is 23.7 Å². The van der Waals surface area contributed by atoms with Crippen LogP contribution in [0.3, 0.4) is 0 Å². The number of aliphatic hydroxyl groups excluding tert-OH is 1. The fraction of sp³-hybridized carbons (Fsp3) is 0.200. The first-order valence-electron chi connectivity index (χ1n) is 7.03. The van der Waals surface area contributed by atoms with Crippen molar-refractivity contribution in [1.82, 2.24) is 14.8 Å². The molecule has 0 bridgehead atoms. The molecule has 0 unspecified atom stereocenters. The summed E-state index contributed by atoms with van der Waals surface area (Å²) in [7, 11) is -0.688. The zero-order valence-corrected chi connectivity index (χ0v) is 13.9. The van der Waals surface area contributed by atoms with E-state index < -0.39 is 10.0 Å². The van der Waals surface area contributed by atoms with Gasteiger partial charge in [0.05, 0.1) is 31.1 Å². The highest BCUT2D eigenvalue weighted by Gasteiger charge is 2.20. The Morgan fingerprint density at radius 1 is 1.25 bits per heavy atom. The van der Waals surface area contributed by atoms with Gasteiger partial charge in [0.1, 0.15) is 16.3 Å². The summed E-state index contributed by atoms with van der Waals surface area (Å²) >= 11 is 0. The lowest BCUT2D eigenvalue weighted by Crippen LogP contribution is -2.15. The van der Waals surface area contributed by atoms with Crippen LogP contribution in [0.2, 0.25) is 0 Å². The van der Waals surface area contributed by atoms with Gasteiger partial charge in [-0.2, -0.15) is 5.10 Å². The number of aliphatic hydroxyl groups is 1. The normalized spacial score (nSPS) is 11.6. The minimum Gasteiger partial charge on any atom is -0.494 e. The molecule has 2 aromatic heterocycles. The minimum absolute atomic E-state index is 0.0130. The van der Waals surface area contributed by atoms with E-state index in [0.29, 0.717) is 22.6 Å². The second-order valence-corrected chi connectivity index (χ2v) is 6.78. The fourth-order valence-electron chi connectivity index (χ4n) is 2.37. The summed E-state index contributed by atoms with van der Waals surface area (Å²) < 4.78 is 34.7. The number of nitrogens with zero attached hydrogens (tertiary/aromatic N) is 3. The van der Waals surface area contributed by atoms with Crippen molar-refractivity contribution in [2.45, 2.75) is 11.5 Å². The van der Waals surface area contributed by atoms with Crippen molar-refractivity contribution in [1.29, 1.82) is 0 Å². The van der Waals surface area contributed by atoms with E-state index in [1.54, 1.807) is 30.1 Å². The maximum atomic E-state index is 12.6. The highest BCUT2D eigenvalue weighted by molar-refractivity contribution is 7.92. The van der Waals surface area contributed by atoms with Gasteiger partial charge in [-0.25, -0.2) is 8.42 Å². The molecule has 0 atom stereocenters. The van der Waals surface area contributed by atoms with E-state index in [1.165, 1.54) is 25.4 Å². The van der Waals surface area contributed by atoms with E-state index in [9.17, 15) is 8.42 Å². The molecule has 0 amide bonds. The molecular formula is C15H16N4O4S. The molecule has 0 aliphatic carbocycles. The van der Waals surface area contributed by atoms with Crippen LogP contribution in [-0.4, -0.2) is 35.4 Å². The zero-order valence-electron chi connectivity index (χ0n) is 13.1. The van der Waals surface area contributed by atoms with Crippen LogP contribution in [0.4, 0.5) is 5.69 Å². The SMILES string of the molecule is COc1ccc2cnn(C)c2c1NS(=O)(=O)c1ccc(CO)nc1. The number of aryl methyl sites for hydroxylation is 1. The first kappa shape index (κ1) is 16.2. The first-order chi connectivity index (χ1) is 11.5. The van der Waals surface area contributed by atoms with Gasteiger partial charge in [-0.05, 0) is 24.3 Å². The number of rotatable bonds is 5. The first-order valence-corrected chi connectivity index (χ1v) is 8.52. The lowest BCUT2D eigenvalue weighted by atomic mass is 10.2. The number of benzene rings is 1. The van der Waals surface area contributed by atoms with Gasteiger partial charge in [-0.3, -0.25) is 14.4 Å². The molecule has 9 heteroatoms. The summed E-state index contributed by atoms with van der Waals surface area (Å²) in [5.74, 6) is 0.384. The van der Waals surface area contributed by atoms with Gasteiger partial charge in [0.25, 0.3) is 10.0 Å². The molecule has 3 aromatic rings. The minimum atomic E-state index is -3.87. The van der Waals surface area contributed by atoms with Crippen LogP contribution >= 0.6 is 0 Å². The van der Waals surface area contributed by atoms with Gasteiger partial charge in [-0.1, -0.05) is 0 Å². The Morgan fingerprint density at radius 2 is 2.04 bits per heavy atom. The number of pyridine rings is 1. The third kappa shape index (κ3) is 2.79. The van der Waals surface area contributed by atoms with Crippen LogP contribution in [0, 0.1) is 0 Å². The van der Waals surface area contributed by atoms with Gasteiger partial charge in [0, 0.05) is 18.6 Å². The maximum Gasteiger partial charge on any atom is 0.263 e. The fourth-order valence-corrected chi connectivity index (χ4v) is 3.40. The van der Waals surface area contributed by atoms with E-state index in [4.69, 9.17) is 9.84 Å². The summed E-state index contributed by atoms with van der Waals surface area (Å²) in [6.07, 6.45) is 2.84. The Kier molecular flexibility index (Phi) is 4.12. The van der Waals surface area contributed by atoms with Crippen LogP contribution in [0.5, 0.6) is 5.75 Å². The topological polar surface area (TPSA) is 106 Å².